The molecule has 2 fully saturated rings. The highest BCUT2D eigenvalue weighted by molar-refractivity contribution is 5.88. The van der Waals surface area contributed by atoms with E-state index in [1.54, 1.807) is 0 Å². The number of aliphatic hydroxyl groups excluding tert-OH is 2. The Kier molecular flexibility index (Phi) is 5.59. The fraction of sp³-hybridized carbons (Fsp3) is 0.474. The van der Waals surface area contributed by atoms with Crippen LogP contribution in [0.5, 0.6) is 11.5 Å². The summed E-state index contributed by atoms with van der Waals surface area (Å²) in [6.45, 7) is 0. The average molecular weight is 393 g/mol. The lowest BCUT2D eigenvalue weighted by atomic mass is 9.79. The van der Waals surface area contributed by atoms with Gasteiger partial charge in [0.2, 0.25) is 0 Å². The van der Waals surface area contributed by atoms with Crippen molar-refractivity contribution in [3.8, 4) is 11.5 Å². The van der Waals surface area contributed by atoms with Crippen molar-refractivity contribution >= 4 is 18.0 Å². The topological polar surface area (TPSA) is 157 Å². The molecule has 3 rings (SSSR count). The number of phenolic OH excluding ortho intramolecular Hbond substituents is 2. The molecule has 2 saturated carbocycles. The number of phenols is 2. The third kappa shape index (κ3) is 4.61. The largest absolute Gasteiger partial charge is 0.504 e. The number of esters is 1. The first-order valence-electron chi connectivity index (χ1n) is 8.98. The maximum Gasteiger partial charge on any atom is 0.331 e. The van der Waals surface area contributed by atoms with E-state index in [2.05, 4.69) is 5.32 Å². The average Bonchev–Trinajstić information content (AvgIpc) is 3.44. The van der Waals surface area contributed by atoms with Gasteiger partial charge in [0.05, 0.1) is 6.10 Å². The van der Waals surface area contributed by atoms with Gasteiger partial charge in [0.25, 0.3) is 5.91 Å². The van der Waals surface area contributed by atoms with Crippen LogP contribution in [0.15, 0.2) is 24.3 Å². The third-order valence-corrected chi connectivity index (χ3v) is 4.87. The van der Waals surface area contributed by atoms with Gasteiger partial charge in [0.15, 0.2) is 11.5 Å². The normalized spacial score (nSPS) is 30.2. The van der Waals surface area contributed by atoms with Crippen LogP contribution >= 0.6 is 0 Å². The molecule has 4 atom stereocenters. The van der Waals surface area contributed by atoms with Crippen molar-refractivity contribution in [2.75, 3.05) is 0 Å². The number of rotatable bonds is 5. The predicted octanol–water partition coefficient (Wildman–Crippen LogP) is -0.452. The lowest BCUT2D eigenvalue weighted by molar-refractivity contribution is -0.187. The molecule has 2 aliphatic carbocycles. The minimum absolute atomic E-state index is 0.00572. The van der Waals surface area contributed by atoms with E-state index in [-0.39, 0.29) is 30.4 Å². The van der Waals surface area contributed by atoms with Gasteiger partial charge in [0, 0.05) is 25.0 Å². The molecule has 0 aromatic heterocycles. The van der Waals surface area contributed by atoms with Crippen LogP contribution in [0.4, 0.5) is 0 Å². The first-order chi connectivity index (χ1) is 13.2. The Hall–Kier alpha value is -2.62. The molecule has 28 heavy (non-hydrogen) atoms. The third-order valence-electron chi connectivity index (χ3n) is 4.87. The van der Waals surface area contributed by atoms with Crippen molar-refractivity contribution in [3.63, 3.8) is 0 Å². The van der Waals surface area contributed by atoms with Crippen molar-refractivity contribution in [2.45, 2.75) is 55.6 Å². The van der Waals surface area contributed by atoms with E-state index in [1.165, 1.54) is 24.3 Å². The second-order valence-electron chi connectivity index (χ2n) is 7.30. The number of hydrogen-bond donors (Lipinski definition) is 6. The minimum Gasteiger partial charge on any atom is -0.504 e. The zero-order valence-corrected chi connectivity index (χ0v) is 15.0. The maximum absolute atomic E-state index is 12.3. The van der Waals surface area contributed by atoms with E-state index in [9.17, 15) is 35.1 Å². The zero-order chi connectivity index (χ0) is 20.5. The van der Waals surface area contributed by atoms with Crippen LogP contribution in [0, 0.1) is 0 Å². The predicted molar refractivity (Wildman–Crippen MR) is 96.0 cm³/mol. The second kappa shape index (κ2) is 7.78. The highest BCUT2D eigenvalue weighted by Gasteiger charge is 2.50. The number of carbonyl (C=O) groups excluding carboxylic acids is 2. The van der Waals surface area contributed by atoms with Gasteiger partial charge in [0.1, 0.15) is 17.8 Å². The lowest BCUT2D eigenvalue weighted by Gasteiger charge is -2.40. The lowest BCUT2D eigenvalue weighted by Crippen LogP contribution is -2.60. The highest BCUT2D eigenvalue weighted by atomic mass is 16.6. The van der Waals surface area contributed by atoms with Crippen LogP contribution in [0.25, 0.3) is 6.08 Å². The molecule has 2 aliphatic rings. The summed E-state index contributed by atoms with van der Waals surface area (Å²) >= 11 is 0. The van der Waals surface area contributed by atoms with Crippen LogP contribution < -0.4 is 5.32 Å². The molecule has 1 amide bonds. The number of amides is 1. The number of aromatic hydroxyl groups is 2. The van der Waals surface area contributed by atoms with Gasteiger partial charge in [-0.15, -0.1) is 0 Å². The Labute approximate surface area is 160 Å². The van der Waals surface area contributed by atoms with E-state index >= 15 is 0 Å². The second-order valence-corrected chi connectivity index (χ2v) is 7.30. The summed E-state index contributed by atoms with van der Waals surface area (Å²) in [5.41, 5.74) is -1.53. The van der Waals surface area contributed by atoms with Gasteiger partial charge in [-0.25, -0.2) is 4.79 Å². The molecule has 0 saturated heterocycles. The quantitative estimate of drug-likeness (QED) is 0.223. The smallest absolute Gasteiger partial charge is 0.331 e. The maximum atomic E-state index is 12.3. The van der Waals surface area contributed by atoms with Gasteiger partial charge in [-0.3, -0.25) is 4.79 Å². The van der Waals surface area contributed by atoms with Gasteiger partial charge in [-0.05, 0) is 36.6 Å². The van der Waals surface area contributed by atoms with Gasteiger partial charge in [-0.2, -0.15) is 0 Å². The molecule has 9 heteroatoms. The van der Waals surface area contributed by atoms with Crippen molar-refractivity contribution in [3.05, 3.63) is 29.8 Å². The molecule has 1 aromatic carbocycles. The van der Waals surface area contributed by atoms with Crippen LogP contribution in [0.2, 0.25) is 0 Å². The fourth-order valence-corrected chi connectivity index (χ4v) is 3.09. The molecule has 9 nitrogen and oxygen atoms in total. The van der Waals surface area contributed by atoms with Crippen LogP contribution in [0.1, 0.15) is 31.2 Å². The van der Waals surface area contributed by atoms with Crippen molar-refractivity contribution in [1.82, 2.24) is 5.32 Å². The van der Waals surface area contributed by atoms with Crippen LogP contribution in [-0.4, -0.2) is 67.4 Å². The summed E-state index contributed by atoms with van der Waals surface area (Å²) in [4.78, 5) is 24.3. The number of benzene rings is 1. The number of nitrogens with one attached hydrogen (secondary N) is 1. The number of carbonyl (C=O) groups is 2. The van der Waals surface area contributed by atoms with Crippen molar-refractivity contribution in [1.29, 1.82) is 0 Å². The molecule has 152 valence electrons. The summed E-state index contributed by atoms with van der Waals surface area (Å²) in [7, 11) is 0. The monoisotopic (exact) mass is 393 g/mol. The SMILES string of the molecule is O=C(/C=C/c1ccc(O)c(O)c1)O[C@@H]1C[C@@](O)(C(=O)NC2CC2)C[C@@H](O)C1O. The van der Waals surface area contributed by atoms with Crippen LogP contribution in [-0.2, 0) is 14.3 Å². The molecule has 6 N–H and O–H groups in total. The highest BCUT2D eigenvalue weighted by Crippen LogP contribution is 2.33. The first kappa shape index (κ1) is 20.1. The molecular formula is C19H23NO8. The van der Waals surface area contributed by atoms with Crippen LogP contribution in [0.3, 0.4) is 0 Å². The first-order valence-corrected chi connectivity index (χ1v) is 8.98. The molecule has 0 spiro atoms. The Bertz CT molecular complexity index is 790. The standard InChI is InChI=1S/C19H23NO8/c21-12-5-1-10(7-13(12)22)2-6-16(24)28-15-9-19(27,8-14(23)17(15)25)18(26)20-11-3-4-11/h1-2,5-7,11,14-15,17,21-23,25,27H,3-4,8-9H2,(H,20,26)/b6-2+/t14-,15-,17?,19-/m1/s1. The number of ether oxygens (including phenoxy) is 1. The summed E-state index contributed by atoms with van der Waals surface area (Å²) in [6.07, 6.45) is -0.853. The fourth-order valence-electron chi connectivity index (χ4n) is 3.09. The zero-order valence-electron chi connectivity index (χ0n) is 15.0. The number of hydrogen-bond acceptors (Lipinski definition) is 8. The molecule has 0 radical (unpaired) electrons. The van der Waals surface area contributed by atoms with E-state index in [0.717, 1.165) is 18.9 Å². The summed E-state index contributed by atoms with van der Waals surface area (Å²) in [5, 5.41) is 52.1. The molecule has 1 unspecified atom stereocenters. The van der Waals surface area contributed by atoms with Gasteiger partial charge < -0.3 is 35.6 Å². The molecule has 0 bridgehead atoms. The molecule has 0 aliphatic heterocycles. The minimum atomic E-state index is -1.95. The van der Waals surface area contributed by atoms with Crippen molar-refractivity contribution in [2.24, 2.45) is 0 Å². The Morgan fingerprint density at radius 2 is 1.86 bits per heavy atom. The Morgan fingerprint density at radius 1 is 1.14 bits per heavy atom. The Balaban J connectivity index is 1.64. The summed E-state index contributed by atoms with van der Waals surface area (Å²) < 4.78 is 5.13. The summed E-state index contributed by atoms with van der Waals surface area (Å²) in [5.74, 6) is -2.18. The van der Waals surface area contributed by atoms with E-state index < -0.39 is 35.8 Å². The molecular weight excluding hydrogens is 370 g/mol. The Morgan fingerprint density at radius 3 is 2.50 bits per heavy atom. The van der Waals surface area contributed by atoms with Crippen molar-refractivity contribution < 1.29 is 39.9 Å². The van der Waals surface area contributed by atoms with E-state index in [1.807, 2.05) is 0 Å². The van der Waals surface area contributed by atoms with Gasteiger partial charge in [-0.1, -0.05) is 6.07 Å². The number of aliphatic hydroxyl groups is 3. The van der Waals surface area contributed by atoms with E-state index in [0.29, 0.717) is 5.56 Å². The summed E-state index contributed by atoms with van der Waals surface area (Å²) in [6, 6.07) is 3.95. The molecule has 1 aromatic rings. The van der Waals surface area contributed by atoms with Gasteiger partial charge >= 0.3 is 5.97 Å². The molecule has 0 heterocycles. The van der Waals surface area contributed by atoms with E-state index in [4.69, 9.17) is 4.74 Å².